The third kappa shape index (κ3) is 5.39. The molecule has 0 fully saturated rings. The van der Waals surface area contributed by atoms with Crippen LogP contribution in [0.5, 0.6) is 5.75 Å². The lowest BCUT2D eigenvalue weighted by atomic mass is 10.0. The average molecular weight is 435 g/mol. The molecule has 0 unspecified atom stereocenters. The summed E-state index contributed by atoms with van der Waals surface area (Å²) in [6, 6.07) is 17.6. The van der Waals surface area contributed by atoms with E-state index < -0.39 is 0 Å². The summed E-state index contributed by atoms with van der Waals surface area (Å²) in [6.45, 7) is 10.6. The highest BCUT2D eigenvalue weighted by atomic mass is 16.5. The lowest BCUT2D eigenvalue weighted by molar-refractivity contribution is -0.137. The maximum Gasteiger partial charge on any atom is 0.277 e. The first-order valence-electron chi connectivity index (χ1n) is 11.6. The van der Waals surface area contributed by atoms with Crippen molar-refractivity contribution in [3.05, 3.63) is 71.4 Å². The SMILES string of the molecule is CCCCN1C(=O)C(c2ccc(OCC(C)C)cc2)=C(N(CC)Cc2ccccc2)C1=O. The fraction of sp³-hybridized carbons (Fsp3) is 0.407. The summed E-state index contributed by atoms with van der Waals surface area (Å²) in [5, 5.41) is 0. The topological polar surface area (TPSA) is 49.9 Å². The number of nitrogens with zero attached hydrogens (tertiary/aromatic N) is 2. The smallest absolute Gasteiger partial charge is 0.277 e. The van der Waals surface area contributed by atoms with Crippen LogP contribution in [0, 0.1) is 5.92 Å². The molecule has 32 heavy (non-hydrogen) atoms. The molecule has 2 amide bonds. The fourth-order valence-corrected chi connectivity index (χ4v) is 3.77. The van der Waals surface area contributed by atoms with Gasteiger partial charge in [0.2, 0.25) is 0 Å². The van der Waals surface area contributed by atoms with E-state index in [4.69, 9.17) is 4.74 Å². The van der Waals surface area contributed by atoms with Crippen LogP contribution in [0.2, 0.25) is 0 Å². The molecule has 2 aromatic carbocycles. The van der Waals surface area contributed by atoms with Gasteiger partial charge in [0.15, 0.2) is 0 Å². The monoisotopic (exact) mass is 434 g/mol. The third-order valence-electron chi connectivity index (χ3n) is 5.52. The number of rotatable bonds is 11. The third-order valence-corrected chi connectivity index (χ3v) is 5.52. The highest BCUT2D eigenvalue weighted by Crippen LogP contribution is 2.33. The Hall–Kier alpha value is -3.08. The number of carbonyl (C=O) groups is 2. The maximum atomic E-state index is 13.4. The number of unbranched alkanes of at least 4 members (excludes halogenated alkanes) is 1. The van der Waals surface area contributed by atoms with Gasteiger partial charge >= 0.3 is 0 Å². The van der Waals surface area contributed by atoms with Crippen LogP contribution in [0.3, 0.4) is 0 Å². The second-order valence-electron chi connectivity index (χ2n) is 8.57. The Kier molecular flexibility index (Phi) is 8.09. The van der Waals surface area contributed by atoms with Gasteiger partial charge in [-0.2, -0.15) is 0 Å². The van der Waals surface area contributed by atoms with Gasteiger partial charge in [-0.15, -0.1) is 0 Å². The molecule has 0 radical (unpaired) electrons. The molecule has 1 aliphatic rings. The normalized spacial score (nSPS) is 14.0. The lowest BCUT2D eigenvalue weighted by Gasteiger charge is -2.25. The second-order valence-corrected chi connectivity index (χ2v) is 8.57. The average Bonchev–Trinajstić information content (AvgIpc) is 3.05. The molecule has 0 atom stereocenters. The van der Waals surface area contributed by atoms with Gasteiger partial charge in [-0.1, -0.05) is 69.7 Å². The van der Waals surface area contributed by atoms with Gasteiger partial charge in [0.05, 0.1) is 12.2 Å². The zero-order valence-electron chi connectivity index (χ0n) is 19.6. The van der Waals surface area contributed by atoms with Gasteiger partial charge in [-0.05, 0) is 42.5 Å². The Bertz CT molecular complexity index is 949. The van der Waals surface area contributed by atoms with Crippen molar-refractivity contribution < 1.29 is 14.3 Å². The van der Waals surface area contributed by atoms with Crippen molar-refractivity contribution in [2.24, 2.45) is 5.92 Å². The predicted octanol–water partition coefficient (Wildman–Crippen LogP) is 5.12. The van der Waals surface area contributed by atoms with E-state index in [2.05, 4.69) is 20.8 Å². The van der Waals surface area contributed by atoms with Crippen molar-refractivity contribution in [3.63, 3.8) is 0 Å². The predicted molar refractivity (Wildman–Crippen MR) is 128 cm³/mol. The molecule has 0 spiro atoms. The van der Waals surface area contributed by atoms with Crippen LogP contribution >= 0.6 is 0 Å². The molecule has 5 nitrogen and oxygen atoms in total. The summed E-state index contributed by atoms with van der Waals surface area (Å²) in [5.74, 6) is 0.791. The van der Waals surface area contributed by atoms with E-state index in [0.717, 1.165) is 29.7 Å². The number of ether oxygens (including phenoxy) is 1. The molecular weight excluding hydrogens is 400 g/mol. The van der Waals surface area contributed by atoms with Gasteiger partial charge in [-0.25, -0.2) is 0 Å². The summed E-state index contributed by atoms with van der Waals surface area (Å²) in [6.07, 6.45) is 1.72. The molecular formula is C27H34N2O3. The molecule has 0 aliphatic carbocycles. The summed E-state index contributed by atoms with van der Waals surface area (Å²) in [5.41, 5.74) is 2.83. The van der Waals surface area contributed by atoms with Crippen LogP contribution in [-0.2, 0) is 16.1 Å². The van der Waals surface area contributed by atoms with Crippen molar-refractivity contribution in [3.8, 4) is 5.75 Å². The van der Waals surface area contributed by atoms with Crippen molar-refractivity contribution in [1.29, 1.82) is 0 Å². The first kappa shape index (κ1) is 23.6. The van der Waals surface area contributed by atoms with Crippen LogP contribution in [0.4, 0.5) is 0 Å². The molecule has 1 aliphatic heterocycles. The van der Waals surface area contributed by atoms with E-state index in [1.54, 1.807) is 0 Å². The van der Waals surface area contributed by atoms with Gasteiger partial charge in [0, 0.05) is 19.6 Å². The van der Waals surface area contributed by atoms with Gasteiger partial charge in [-0.3, -0.25) is 14.5 Å². The molecule has 0 saturated carbocycles. The van der Waals surface area contributed by atoms with E-state index in [1.807, 2.05) is 66.4 Å². The van der Waals surface area contributed by atoms with Crippen molar-refractivity contribution in [2.75, 3.05) is 19.7 Å². The quantitative estimate of drug-likeness (QED) is 0.461. The first-order valence-corrected chi connectivity index (χ1v) is 11.6. The minimum absolute atomic E-state index is 0.198. The summed E-state index contributed by atoms with van der Waals surface area (Å²) in [7, 11) is 0. The molecule has 0 N–H and O–H groups in total. The largest absolute Gasteiger partial charge is 0.493 e. The van der Waals surface area contributed by atoms with Crippen LogP contribution < -0.4 is 4.74 Å². The second kappa shape index (κ2) is 11.0. The summed E-state index contributed by atoms with van der Waals surface area (Å²) >= 11 is 0. The number of carbonyl (C=O) groups excluding carboxylic acids is 2. The summed E-state index contributed by atoms with van der Waals surface area (Å²) < 4.78 is 5.79. The highest BCUT2D eigenvalue weighted by Gasteiger charge is 2.40. The Morgan fingerprint density at radius 2 is 1.62 bits per heavy atom. The Morgan fingerprint density at radius 3 is 2.22 bits per heavy atom. The van der Waals surface area contributed by atoms with Gasteiger partial charge < -0.3 is 9.64 Å². The highest BCUT2D eigenvalue weighted by molar-refractivity contribution is 6.35. The fourth-order valence-electron chi connectivity index (χ4n) is 3.77. The van der Waals surface area contributed by atoms with E-state index in [9.17, 15) is 9.59 Å². The minimum atomic E-state index is -0.208. The molecule has 3 rings (SSSR count). The molecule has 5 heteroatoms. The number of hydrogen-bond donors (Lipinski definition) is 0. The van der Waals surface area contributed by atoms with E-state index in [-0.39, 0.29) is 11.8 Å². The number of amides is 2. The van der Waals surface area contributed by atoms with E-state index in [0.29, 0.717) is 43.4 Å². The van der Waals surface area contributed by atoms with Crippen LogP contribution in [0.15, 0.2) is 60.3 Å². The van der Waals surface area contributed by atoms with Crippen molar-refractivity contribution in [1.82, 2.24) is 9.80 Å². The van der Waals surface area contributed by atoms with Crippen LogP contribution in [0.1, 0.15) is 51.7 Å². The Balaban J connectivity index is 1.98. The Morgan fingerprint density at radius 1 is 0.938 bits per heavy atom. The molecule has 1 heterocycles. The van der Waals surface area contributed by atoms with Gasteiger partial charge in [0.25, 0.3) is 11.8 Å². The van der Waals surface area contributed by atoms with Crippen LogP contribution in [0.25, 0.3) is 5.57 Å². The van der Waals surface area contributed by atoms with E-state index in [1.165, 1.54) is 4.90 Å². The molecule has 0 bridgehead atoms. The number of benzene rings is 2. The van der Waals surface area contributed by atoms with Crippen molar-refractivity contribution in [2.45, 2.75) is 47.1 Å². The minimum Gasteiger partial charge on any atom is -0.493 e. The number of hydrogen-bond acceptors (Lipinski definition) is 4. The maximum absolute atomic E-state index is 13.4. The first-order chi connectivity index (χ1) is 15.5. The molecule has 2 aromatic rings. The lowest BCUT2D eigenvalue weighted by Crippen LogP contribution is -2.35. The van der Waals surface area contributed by atoms with E-state index >= 15 is 0 Å². The number of likely N-dealkylation sites (N-methyl/N-ethyl adjacent to an activating group) is 1. The summed E-state index contributed by atoms with van der Waals surface area (Å²) in [4.78, 5) is 30.2. The molecule has 0 saturated heterocycles. The molecule has 170 valence electrons. The number of imide groups is 1. The van der Waals surface area contributed by atoms with Gasteiger partial charge in [0.1, 0.15) is 11.4 Å². The van der Waals surface area contributed by atoms with Crippen LogP contribution in [-0.4, -0.2) is 41.3 Å². The standard InChI is InChI=1S/C27H34N2O3/c1-5-7-17-29-26(30)24(22-13-15-23(16-14-22)32-19-20(3)4)25(27(29)31)28(6-2)18-21-11-9-8-10-12-21/h8-16,20H,5-7,17-19H2,1-4H3. The molecule has 0 aromatic heterocycles. The zero-order chi connectivity index (χ0) is 23.1. The zero-order valence-corrected chi connectivity index (χ0v) is 19.6. The van der Waals surface area contributed by atoms with Crippen molar-refractivity contribution >= 4 is 17.4 Å². The Labute approximate surface area is 191 Å².